The molecule has 37 heavy (non-hydrogen) atoms. The Balaban J connectivity index is 2.25. The third-order valence-corrected chi connectivity index (χ3v) is 8.45. The molecule has 4 N–H and O–H groups in total. The van der Waals surface area contributed by atoms with E-state index in [2.05, 4.69) is 13.0 Å². The molecular weight excluding hydrogens is 476 g/mol. The van der Waals surface area contributed by atoms with Crippen LogP contribution >= 0.6 is 0 Å². The number of fused-ring (bicyclic) bond motifs is 1. The predicted molar refractivity (Wildman–Crippen MR) is 140 cm³/mol. The van der Waals surface area contributed by atoms with Crippen LogP contribution in [0.1, 0.15) is 54.4 Å². The maximum Gasteiger partial charge on any atom is 0.311 e. The average Bonchev–Trinajstić information content (AvgIpc) is 2.86. The van der Waals surface area contributed by atoms with Gasteiger partial charge in [0.2, 0.25) is 0 Å². The van der Waals surface area contributed by atoms with Crippen molar-refractivity contribution in [1.29, 1.82) is 0 Å². The maximum atomic E-state index is 13.3. The Morgan fingerprint density at radius 1 is 1.14 bits per heavy atom. The van der Waals surface area contributed by atoms with Gasteiger partial charge in [-0.15, -0.1) is 0 Å². The summed E-state index contributed by atoms with van der Waals surface area (Å²) >= 11 is 0. The number of methoxy groups -OCH3 is 1. The average molecular weight is 523 g/mol. The summed E-state index contributed by atoms with van der Waals surface area (Å²) in [6.07, 6.45) is 6.16. The number of carbonyl (C=O) groups is 2. The van der Waals surface area contributed by atoms with Gasteiger partial charge in [0.05, 0.1) is 24.7 Å². The number of esters is 1. The molecule has 0 saturated heterocycles. The Hall–Kier alpha value is -1.84. The fraction of sp³-hybridized carbons (Fsp3) is 0.724. The minimum atomic E-state index is -1.50. The molecule has 2 aliphatic carbocycles. The fourth-order valence-electron chi connectivity index (χ4n) is 5.95. The standard InChI is InChI=1S/C29H46O8/c1-16-13-21-12-11-18(3)29(6,27(34)22(32)15-30)25(21)24(14-16)37-28(35)19(4)26(33)17(2)9-8-10-23(36-7)20(5)31/h8-12,16,18-26,30-33H,13-15H2,1-7H3/b10-8+,17-9+/t16-,18+,19+,20-,21+,22-,23+,24+,25-,26+,29+/m1/s1. The lowest BCUT2D eigenvalue weighted by atomic mass is 9.52. The molecule has 0 unspecified atom stereocenters. The van der Waals surface area contributed by atoms with Crippen molar-refractivity contribution in [3.05, 3.63) is 36.0 Å². The lowest BCUT2D eigenvalue weighted by molar-refractivity contribution is -0.176. The number of aliphatic hydroxyl groups is 4. The first kappa shape index (κ1) is 31.4. The van der Waals surface area contributed by atoms with Crippen molar-refractivity contribution in [3.8, 4) is 0 Å². The van der Waals surface area contributed by atoms with E-state index >= 15 is 0 Å². The predicted octanol–water partition coefficient (Wildman–Crippen LogP) is 2.59. The van der Waals surface area contributed by atoms with Crippen molar-refractivity contribution in [2.45, 2.75) is 84.9 Å². The van der Waals surface area contributed by atoms with Crippen LogP contribution < -0.4 is 0 Å². The topological polar surface area (TPSA) is 134 Å². The first-order valence-electron chi connectivity index (χ1n) is 13.2. The van der Waals surface area contributed by atoms with E-state index in [9.17, 15) is 30.0 Å². The highest BCUT2D eigenvalue weighted by molar-refractivity contribution is 5.89. The summed E-state index contributed by atoms with van der Waals surface area (Å²) < 4.78 is 11.2. The van der Waals surface area contributed by atoms with E-state index in [0.717, 1.165) is 6.42 Å². The summed E-state index contributed by atoms with van der Waals surface area (Å²) in [7, 11) is 1.49. The quantitative estimate of drug-likeness (QED) is 0.185. The lowest BCUT2D eigenvalue weighted by Crippen LogP contribution is -2.57. The molecular formula is C29H46O8. The molecule has 1 saturated carbocycles. The Bertz CT molecular complexity index is 877. The van der Waals surface area contributed by atoms with Crippen LogP contribution in [0.15, 0.2) is 36.0 Å². The van der Waals surface area contributed by atoms with Crippen LogP contribution in [-0.2, 0) is 19.1 Å². The van der Waals surface area contributed by atoms with Gasteiger partial charge in [-0.25, -0.2) is 0 Å². The summed E-state index contributed by atoms with van der Waals surface area (Å²) in [5.41, 5.74) is -0.465. The van der Waals surface area contributed by atoms with Gasteiger partial charge in [0.1, 0.15) is 18.3 Å². The number of ether oxygens (including phenoxy) is 2. The molecule has 0 amide bonds. The third kappa shape index (κ3) is 6.98. The Kier molecular flexibility index (Phi) is 11.3. The number of aliphatic hydroxyl groups excluding tert-OH is 4. The van der Waals surface area contributed by atoms with Gasteiger partial charge in [-0.2, -0.15) is 0 Å². The van der Waals surface area contributed by atoms with Crippen molar-refractivity contribution in [2.75, 3.05) is 13.7 Å². The highest BCUT2D eigenvalue weighted by Crippen LogP contribution is 2.53. The van der Waals surface area contributed by atoms with Crippen LogP contribution in [0.4, 0.5) is 0 Å². The van der Waals surface area contributed by atoms with Crippen molar-refractivity contribution in [1.82, 2.24) is 0 Å². The molecule has 2 rings (SSSR count). The normalized spacial score (nSPS) is 34.4. The number of rotatable bonds is 11. The second-order valence-corrected chi connectivity index (χ2v) is 11.2. The Labute approximate surface area is 221 Å². The van der Waals surface area contributed by atoms with Crippen molar-refractivity contribution in [2.24, 2.45) is 35.0 Å². The number of ketones is 1. The molecule has 8 heteroatoms. The van der Waals surface area contributed by atoms with Crippen LogP contribution in [-0.4, -0.2) is 76.4 Å². The van der Waals surface area contributed by atoms with E-state index in [-0.39, 0.29) is 23.7 Å². The highest BCUT2D eigenvalue weighted by Gasteiger charge is 2.56. The smallest absolute Gasteiger partial charge is 0.311 e. The summed E-state index contributed by atoms with van der Waals surface area (Å²) in [5.74, 6) is -2.16. The number of Topliss-reactive ketones (excluding diaryl/α,β-unsaturated/α-hetero) is 1. The van der Waals surface area contributed by atoms with E-state index in [1.54, 1.807) is 45.9 Å². The van der Waals surface area contributed by atoms with Gasteiger partial charge in [0.15, 0.2) is 5.78 Å². The Morgan fingerprint density at radius 3 is 2.35 bits per heavy atom. The molecule has 11 atom stereocenters. The van der Waals surface area contributed by atoms with Crippen molar-refractivity contribution in [3.63, 3.8) is 0 Å². The van der Waals surface area contributed by atoms with E-state index in [0.29, 0.717) is 12.0 Å². The SMILES string of the molecule is CO[C@@H](/C=C/C=C(\C)[C@H](O)[C@H](C)C(=O)O[C@H]1C[C@H](C)C[C@@H]2C=C[C@H](C)[C@](C)(C(=O)[C@H](O)CO)[C@@H]12)[C@@H](C)O. The zero-order valence-electron chi connectivity index (χ0n) is 23.2. The Morgan fingerprint density at radius 2 is 1.78 bits per heavy atom. The zero-order valence-corrected chi connectivity index (χ0v) is 23.2. The first-order chi connectivity index (χ1) is 17.3. The molecule has 210 valence electrons. The summed E-state index contributed by atoms with van der Waals surface area (Å²) in [6, 6.07) is 0. The second-order valence-electron chi connectivity index (χ2n) is 11.2. The summed E-state index contributed by atoms with van der Waals surface area (Å²) in [4.78, 5) is 26.5. The zero-order chi connectivity index (χ0) is 28.1. The summed E-state index contributed by atoms with van der Waals surface area (Å²) in [6.45, 7) is 10.1. The van der Waals surface area contributed by atoms with Crippen LogP contribution in [0.2, 0.25) is 0 Å². The minimum Gasteiger partial charge on any atom is -0.462 e. The number of hydrogen-bond acceptors (Lipinski definition) is 8. The largest absolute Gasteiger partial charge is 0.462 e. The maximum absolute atomic E-state index is 13.3. The van der Waals surface area contributed by atoms with Gasteiger partial charge in [-0.05, 0) is 56.9 Å². The number of hydrogen-bond donors (Lipinski definition) is 4. The second kappa shape index (κ2) is 13.3. The van der Waals surface area contributed by atoms with Gasteiger partial charge < -0.3 is 29.9 Å². The molecule has 2 aliphatic rings. The molecule has 8 nitrogen and oxygen atoms in total. The van der Waals surface area contributed by atoms with Gasteiger partial charge in [0.25, 0.3) is 0 Å². The molecule has 0 aliphatic heterocycles. The van der Waals surface area contributed by atoms with Crippen LogP contribution in [0.25, 0.3) is 0 Å². The molecule has 0 radical (unpaired) electrons. The highest BCUT2D eigenvalue weighted by atomic mass is 16.5. The van der Waals surface area contributed by atoms with Crippen molar-refractivity contribution >= 4 is 11.8 Å². The van der Waals surface area contributed by atoms with E-state index in [4.69, 9.17) is 9.47 Å². The molecule has 0 spiro atoms. The van der Waals surface area contributed by atoms with Gasteiger partial charge in [-0.1, -0.05) is 51.2 Å². The summed E-state index contributed by atoms with van der Waals surface area (Å²) in [5, 5.41) is 40.2. The minimum absolute atomic E-state index is 0.00719. The van der Waals surface area contributed by atoms with Gasteiger partial charge in [0, 0.05) is 18.4 Å². The molecule has 0 aromatic heterocycles. The molecule has 0 bridgehead atoms. The number of carbonyl (C=O) groups excluding carboxylic acids is 2. The molecule has 0 aromatic rings. The van der Waals surface area contributed by atoms with Crippen LogP contribution in [0.3, 0.4) is 0 Å². The first-order valence-corrected chi connectivity index (χ1v) is 13.2. The molecule has 1 fully saturated rings. The third-order valence-electron chi connectivity index (χ3n) is 8.45. The number of allylic oxidation sites excluding steroid dienone is 4. The fourth-order valence-corrected chi connectivity index (χ4v) is 5.95. The van der Waals surface area contributed by atoms with E-state index < -0.39 is 60.2 Å². The molecule has 0 aromatic carbocycles. The van der Waals surface area contributed by atoms with Crippen LogP contribution in [0.5, 0.6) is 0 Å². The van der Waals surface area contributed by atoms with Crippen molar-refractivity contribution < 1.29 is 39.5 Å². The monoisotopic (exact) mass is 522 g/mol. The lowest BCUT2D eigenvalue weighted by Gasteiger charge is -2.52. The van der Waals surface area contributed by atoms with E-state index in [1.807, 2.05) is 13.0 Å². The van der Waals surface area contributed by atoms with Crippen LogP contribution in [0, 0.1) is 35.0 Å². The van der Waals surface area contributed by atoms with Gasteiger partial charge >= 0.3 is 5.97 Å². The molecule has 0 heterocycles. The van der Waals surface area contributed by atoms with Gasteiger partial charge in [-0.3, -0.25) is 9.59 Å². The van der Waals surface area contributed by atoms with E-state index in [1.165, 1.54) is 7.11 Å².